The van der Waals surface area contributed by atoms with Gasteiger partial charge in [-0.2, -0.15) is 13.2 Å². The van der Waals surface area contributed by atoms with E-state index in [0.29, 0.717) is 17.8 Å². The minimum absolute atomic E-state index is 0.220. The fourth-order valence-electron chi connectivity index (χ4n) is 3.72. The zero-order chi connectivity index (χ0) is 25.6. The third-order valence-electron chi connectivity index (χ3n) is 5.52. The number of pyridine rings is 1. The number of benzene rings is 1. The fraction of sp³-hybridized carbons (Fsp3) is 0.391. The zero-order valence-electron chi connectivity index (χ0n) is 19.2. The lowest BCUT2D eigenvalue weighted by Gasteiger charge is -2.22. The molecule has 0 aliphatic carbocycles. The number of anilines is 2. The number of alkyl halides is 3. The average molecular weight is 493 g/mol. The summed E-state index contributed by atoms with van der Waals surface area (Å²) < 4.78 is 31.7. The second-order valence-corrected chi connectivity index (χ2v) is 8.51. The van der Waals surface area contributed by atoms with Crippen LogP contribution in [0, 0.1) is 0 Å². The Morgan fingerprint density at radius 2 is 1.91 bits per heavy atom. The van der Waals surface area contributed by atoms with Crippen LogP contribution in [0.5, 0.6) is 0 Å². The van der Waals surface area contributed by atoms with E-state index in [9.17, 15) is 18.0 Å². The van der Waals surface area contributed by atoms with Crippen LogP contribution in [-0.4, -0.2) is 71.5 Å². The minimum atomic E-state index is -5.08. The van der Waals surface area contributed by atoms with E-state index in [1.54, 1.807) is 24.5 Å². The van der Waals surface area contributed by atoms with Gasteiger partial charge in [-0.15, -0.1) is 0 Å². The van der Waals surface area contributed by atoms with Crippen LogP contribution in [0.25, 0.3) is 0 Å². The van der Waals surface area contributed by atoms with E-state index in [4.69, 9.17) is 14.7 Å². The summed E-state index contributed by atoms with van der Waals surface area (Å²) in [5.74, 6) is -2.98. The van der Waals surface area contributed by atoms with Crippen molar-refractivity contribution in [1.29, 1.82) is 0 Å². The number of aliphatic carboxylic acids is 1. The highest BCUT2D eigenvalue weighted by Gasteiger charge is 2.46. The number of nitrogens with one attached hydrogen (secondary N) is 1. The summed E-state index contributed by atoms with van der Waals surface area (Å²) in [7, 11) is 4.08. The number of amides is 1. The van der Waals surface area contributed by atoms with E-state index in [0.717, 1.165) is 26.1 Å². The van der Waals surface area contributed by atoms with Crippen LogP contribution in [0.2, 0.25) is 0 Å². The van der Waals surface area contributed by atoms with E-state index in [-0.39, 0.29) is 11.5 Å². The molecule has 1 aromatic carbocycles. The molecule has 9 nitrogen and oxygen atoms in total. The number of oxime groups is 1. The molecule has 1 atom stereocenters. The van der Waals surface area contributed by atoms with Gasteiger partial charge in [0.2, 0.25) is 0 Å². The summed E-state index contributed by atoms with van der Waals surface area (Å²) in [6, 6.07) is 12.2. The minimum Gasteiger partial charge on any atom is -0.475 e. The fourth-order valence-corrected chi connectivity index (χ4v) is 3.72. The molecule has 1 amide bonds. The molecule has 0 saturated carbocycles. The predicted molar refractivity (Wildman–Crippen MR) is 123 cm³/mol. The molecule has 4 rings (SSSR count). The summed E-state index contributed by atoms with van der Waals surface area (Å²) in [4.78, 5) is 35.6. The van der Waals surface area contributed by atoms with Gasteiger partial charge in [0.25, 0.3) is 5.91 Å². The standard InChI is InChI=1S/C21H25N5O2.C2HF3O2/c1-25(2)18-7-5-16(6-8-18)14-26-11-9-21(15-26)12-19(24-28-21)20(27)23-17-4-3-10-22-13-17;3-2(4,5)1(6)7/h3-8,10,13H,9,11-12,14-15H2,1-2H3,(H,23,27);(H,6,7). The molecule has 0 radical (unpaired) electrons. The van der Waals surface area contributed by atoms with Crippen molar-refractivity contribution in [2.45, 2.75) is 31.2 Å². The molecular formula is C23H26F3N5O4. The maximum atomic E-state index is 12.4. The zero-order valence-corrected chi connectivity index (χ0v) is 19.2. The highest BCUT2D eigenvalue weighted by molar-refractivity contribution is 6.43. The van der Waals surface area contributed by atoms with Gasteiger partial charge in [-0.05, 0) is 29.8 Å². The van der Waals surface area contributed by atoms with Crippen molar-refractivity contribution in [1.82, 2.24) is 9.88 Å². The number of hydrogen-bond acceptors (Lipinski definition) is 7. The van der Waals surface area contributed by atoms with Crippen molar-refractivity contribution in [2.24, 2.45) is 5.16 Å². The molecule has 3 heterocycles. The van der Waals surface area contributed by atoms with Crippen molar-refractivity contribution < 1.29 is 32.7 Å². The van der Waals surface area contributed by atoms with Crippen LogP contribution in [0.3, 0.4) is 0 Å². The molecule has 1 aromatic heterocycles. The van der Waals surface area contributed by atoms with Gasteiger partial charge < -0.3 is 20.2 Å². The highest BCUT2D eigenvalue weighted by atomic mass is 19.4. The third-order valence-corrected chi connectivity index (χ3v) is 5.52. The smallest absolute Gasteiger partial charge is 0.475 e. The normalized spacial score (nSPS) is 19.4. The maximum Gasteiger partial charge on any atom is 0.490 e. The van der Waals surface area contributed by atoms with Crippen molar-refractivity contribution in [3.63, 3.8) is 0 Å². The molecule has 2 aromatic rings. The number of rotatable bonds is 5. The molecule has 1 unspecified atom stereocenters. The number of likely N-dealkylation sites (tertiary alicyclic amines) is 1. The first-order valence-corrected chi connectivity index (χ1v) is 10.7. The number of carboxylic acid groups (broad SMARTS) is 1. The van der Waals surface area contributed by atoms with Crippen LogP contribution in [0.1, 0.15) is 18.4 Å². The van der Waals surface area contributed by atoms with Gasteiger partial charge in [0, 0.05) is 58.5 Å². The van der Waals surface area contributed by atoms with Crippen molar-refractivity contribution in [3.8, 4) is 0 Å². The van der Waals surface area contributed by atoms with Crippen LogP contribution < -0.4 is 10.2 Å². The molecular weight excluding hydrogens is 467 g/mol. The molecule has 2 aliphatic rings. The van der Waals surface area contributed by atoms with Gasteiger partial charge in [0.15, 0.2) is 5.60 Å². The van der Waals surface area contributed by atoms with E-state index < -0.39 is 12.1 Å². The number of halogens is 3. The van der Waals surface area contributed by atoms with Gasteiger partial charge >= 0.3 is 12.1 Å². The molecule has 35 heavy (non-hydrogen) atoms. The lowest BCUT2D eigenvalue weighted by atomic mass is 9.96. The number of carbonyl (C=O) groups excluding carboxylic acids is 1. The first-order chi connectivity index (χ1) is 16.5. The third kappa shape index (κ3) is 7.15. The number of aromatic nitrogens is 1. The maximum absolute atomic E-state index is 12.4. The van der Waals surface area contributed by atoms with Crippen molar-refractivity contribution in [2.75, 3.05) is 37.4 Å². The molecule has 2 N–H and O–H groups in total. The van der Waals surface area contributed by atoms with E-state index in [2.05, 4.69) is 49.5 Å². The molecule has 1 fully saturated rings. The highest BCUT2D eigenvalue weighted by Crippen LogP contribution is 2.34. The van der Waals surface area contributed by atoms with Gasteiger partial charge in [-0.25, -0.2) is 4.79 Å². The summed E-state index contributed by atoms with van der Waals surface area (Å²) in [5.41, 5.74) is 3.19. The number of nitrogens with zero attached hydrogens (tertiary/aromatic N) is 4. The second-order valence-electron chi connectivity index (χ2n) is 8.51. The van der Waals surface area contributed by atoms with Crippen molar-refractivity contribution >= 4 is 29.0 Å². The number of carboxylic acids is 1. The summed E-state index contributed by atoms with van der Waals surface area (Å²) in [6.45, 7) is 2.58. The lowest BCUT2D eigenvalue weighted by Crippen LogP contribution is -2.35. The lowest BCUT2D eigenvalue weighted by molar-refractivity contribution is -0.192. The van der Waals surface area contributed by atoms with Crippen LogP contribution in [-0.2, 0) is 21.0 Å². The Hall–Kier alpha value is -3.67. The average Bonchev–Trinajstić information content (AvgIpc) is 3.41. The Morgan fingerprint density at radius 1 is 1.23 bits per heavy atom. The first kappa shape index (κ1) is 25.9. The Labute approximate surface area is 200 Å². The molecule has 188 valence electrons. The van der Waals surface area contributed by atoms with Crippen LogP contribution >= 0.6 is 0 Å². The summed E-state index contributed by atoms with van der Waals surface area (Å²) in [5, 5.41) is 14.0. The Balaban J connectivity index is 0.000000429. The predicted octanol–water partition coefficient (Wildman–Crippen LogP) is 3.14. The second kappa shape index (κ2) is 10.7. The topological polar surface area (TPSA) is 107 Å². The first-order valence-electron chi connectivity index (χ1n) is 10.7. The molecule has 0 bridgehead atoms. The summed E-state index contributed by atoms with van der Waals surface area (Å²) in [6.07, 6.45) is -0.393. The largest absolute Gasteiger partial charge is 0.490 e. The van der Waals surface area contributed by atoms with Gasteiger partial charge in [-0.3, -0.25) is 14.7 Å². The molecule has 1 saturated heterocycles. The number of carbonyl (C=O) groups is 2. The SMILES string of the molecule is CN(C)c1ccc(CN2CCC3(CC(C(=O)Nc4cccnc4)=NO3)C2)cc1.O=C(O)C(F)(F)F. The molecule has 12 heteroatoms. The Bertz CT molecular complexity index is 1060. The quantitative estimate of drug-likeness (QED) is 0.659. The van der Waals surface area contributed by atoms with Crippen molar-refractivity contribution in [3.05, 3.63) is 54.4 Å². The molecule has 1 spiro atoms. The Kier molecular flexibility index (Phi) is 7.95. The van der Waals surface area contributed by atoms with Gasteiger partial charge in [0.1, 0.15) is 5.71 Å². The summed E-state index contributed by atoms with van der Waals surface area (Å²) >= 11 is 0. The monoisotopic (exact) mass is 493 g/mol. The van der Waals surface area contributed by atoms with E-state index >= 15 is 0 Å². The van der Waals surface area contributed by atoms with Crippen LogP contribution in [0.15, 0.2) is 53.9 Å². The van der Waals surface area contributed by atoms with Gasteiger partial charge in [0.05, 0.1) is 11.9 Å². The van der Waals surface area contributed by atoms with E-state index in [1.807, 2.05) is 14.1 Å². The molecule has 2 aliphatic heterocycles. The van der Waals surface area contributed by atoms with Crippen LogP contribution in [0.4, 0.5) is 24.5 Å². The number of hydrogen-bond donors (Lipinski definition) is 2. The van der Waals surface area contributed by atoms with E-state index in [1.165, 1.54) is 11.3 Å². The Morgan fingerprint density at radius 3 is 2.49 bits per heavy atom. The van der Waals surface area contributed by atoms with Gasteiger partial charge in [-0.1, -0.05) is 17.3 Å².